The van der Waals surface area contributed by atoms with Crippen molar-refractivity contribution in [2.24, 2.45) is 5.84 Å². The predicted molar refractivity (Wildman–Crippen MR) is 78.3 cm³/mol. The minimum atomic E-state index is -0.276. The molecule has 2 aromatic rings. The molecule has 0 fully saturated rings. The van der Waals surface area contributed by atoms with Gasteiger partial charge in [-0.05, 0) is 24.0 Å². The van der Waals surface area contributed by atoms with Crippen LogP contribution >= 0.6 is 0 Å². The van der Waals surface area contributed by atoms with Crippen molar-refractivity contribution >= 4 is 5.69 Å². The summed E-state index contributed by atoms with van der Waals surface area (Å²) in [6, 6.07) is 13.3. The summed E-state index contributed by atoms with van der Waals surface area (Å²) in [6.07, 6.45) is 2.94. The van der Waals surface area contributed by atoms with E-state index in [0.717, 1.165) is 30.4 Å². The quantitative estimate of drug-likeness (QED) is 0.625. The van der Waals surface area contributed by atoms with Crippen LogP contribution in [0, 0.1) is 5.82 Å². The van der Waals surface area contributed by atoms with Crippen LogP contribution in [0.5, 0.6) is 0 Å². The van der Waals surface area contributed by atoms with Gasteiger partial charge >= 0.3 is 0 Å². The normalized spacial score (nSPS) is 10.5. The Morgan fingerprint density at radius 1 is 1.11 bits per heavy atom. The van der Waals surface area contributed by atoms with E-state index in [-0.39, 0.29) is 5.82 Å². The molecule has 0 aliphatic carbocycles. The zero-order valence-electron chi connectivity index (χ0n) is 11.1. The Kier molecular flexibility index (Phi) is 4.53. The Labute approximate surface area is 113 Å². The van der Waals surface area contributed by atoms with Gasteiger partial charge in [0.2, 0.25) is 0 Å². The van der Waals surface area contributed by atoms with Gasteiger partial charge in [-0.15, -0.1) is 0 Å². The van der Waals surface area contributed by atoms with E-state index < -0.39 is 0 Å². The van der Waals surface area contributed by atoms with Crippen molar-refractivity contribution in [3.8, 4) is 11.1 Å². The Balaban J connectivity index is 2.43. The number of hydrogen-bond donors (Lipinski definition) is 2. The van der Waals surface area contributed by atoms with E-state index in [1.165, 1.54) is 0 Å². The fourth-order valence-corrected chi connectivity index (χ4v) is 2.19. The molecule has 0 unspecified atom stereocenters. The van der Waals surface area contributed by atoms with Crippen LogP contribution in [0.25, 0.3) is 11.1 Å². The lowest BCUT2D eigenvalue weighted by atomic mass is 9.99. The van der Waals surface area contributed by atoms with Crippen LogP contribution in [0.4, 0.5) is 10.1 Å². The van der Waals surface area contributed by atoms with Crippen LogP contribution in [0.15, 0.2) is 42.5 Å². The lowest BCUT2D eigenvalue weighted by molar-refractivity contribution is 0.631. The molecule has 100 valence electrons. The SMILES string of the molecule is CCCCc1ccc(-c2ccccc2)c(F)c1NN. The summed E-state index contributed by atoms with van der Waals surface area (Å²) in [4.78, 5) is 0. The van der Waals surface area contributed by atoms with Gasteiger partial charge in [0.15, 0.2) is 5.82 Å². The van der Waals surface area contributed by atoms with Gasteiger partial charge in [-0.2, -0.15) is 0 Å². The third-order valence-corrected chi connectivity index (χ3v) is 3.26. The van der Waals surface area contributed by atoms with E-state index >= 15 is 0 Å². The van der Waals surface area contributed by atoms with Crippen molar-refractivity contribution in [1.29, 1.82) is 0 Å². The highest BCUT2D eigenvalue weighted by Gasteiger charge is 2.13. The second-order valence-electron chi connectivity index (χ2n) is 4.58. The molecule has 0 spiro atoms. The van der Waals surface area contributed by atoms with E-state index in [9.17, 15) is 4.39 Å². The number of halogens is 1. The summed E-state index contributed by atoms with van der Waals surface area (Å²) < 4.78 is 14.5. The standard InChI is InChI=1S/C16H19FN2/c1-2-3-7-13-10-11-14(15(17)16(13)19-18)12-8-5-4-6-9-12/h4-6,8-11,19H,2-3,7,18H2,1H3. The number of rotatable bonds is 5. The fraction of sp³-hybridized carbons (Fsp3) is 0.250. The summed E-state index contributed by atoms with van der Waals surface area (Å²) in [5.74, 6) is 5.20. The molecule has 2 nitrogen and oxygen atoms in total. The number of unbranched alkanes of at least 4 members (excludes halogenated alkanes) is 1. The molecular weight excluding hydrogens is 239 g/mol. The zero-order chi connectivity index (χ0) is 13.7. The minimum Gasteiger partial charge on any atom is -0.321 e. The van der Waals surface area contributed by atoms with Gasteiger partial charge in [-0.1, -0.05) is 55.8 Å². The van der Waals surface area contributed by atoms with E-state index in [1.807, 2.05) is 42.5 Å². The van der Waals surface area contributed by atoms with Gasteiger partial charge in [-0.25, -0.2) is 4.39 Å². The topological polar surface area (TPSA) is 38.0 Å². The first kappa shape index (κ1) is 13.6. The molecule has 19 heavy (non-hydrogen) atoms. The molecule has 0 saturated carbocycles. The van der Waals surface area contributed by atoms with E-state index in [0.29, 0.717) is 11.3 Å². The lowest BCUT2D eigenvalue weighted by Crippen LogP contribution is -2.12. The summed E-state index contributed by atoms with van der Waals surface area (Å²) in [5.41, 5.74) is 5.29. The number of nitrogens with one attached hydrogen (secondary N) is 1. The van der Waals surface area contributed by atoms with Gasteiger partial charge in [0.1, 0.15) is 0 Å². The first-order valence-electron chi connectivity index (χ1n) is 6.61. The monoisotopic (exact) mass is 258 g/mol. The molecule has 0 heterocycles. The molecule has 2 rings (SSSR count). The number of aryl methyl sites for hydroxylation is 1. The summed E-state index contributed by atoms with van der Waals surface area (Å²) in [5, 5.41) is 0. The van der Waals surface area contributed by atoms with Gasteiger partial charge < -0.3 is 5.43 Å². The molecule has 3 N–H and O–H groups in total. The second-order valence-corrected chi connectivity index (χ2v) is 4.58. The maximum atomic E-state index is 14.5. The number of hydrazine groups is 1. The maximum absolute atomic E-state index is 14.5. The van der Waals surface area contributed by atoms with Crippen LogP contribution in [-0.4, -0.2) is 0 Å². The summed E-state index contributed by atoms with van der Waals surface area (Å²) in [7, 11) is 0. The highest BCUT2D eigenvalue weighted by atomic mass is 19.1. The van der Waals surface area contributed by atoms with E-state index in [4.69, 9.17) is 5.84 Å². The average Bonchev–Trinajstić information content (AvgIpc) is 2.46. The third kappa shape index (κ3) is 2.93. The van der Waals surface area contributed by atoms with Gasteiger partial charge in [0.05, 0.1) is 5.69 Å². The molecule has 2 aromatic carbocycles. The van der Waals surface area contributed by atoms with Crippen molar-refractivity contribution in [2.75, 3.05) is 5.43 Å². The molecular formula is C16H19FN2. The summed E-state index contributed by atoms with van der Waals surface area (Å²) in [6.45, 7) is 2.12. The average molecular weight is 258 g/mol. The number of hydrogen-bond acceptors (Lipinski definition) is 2. The zero-order valence-corrected chi connectivity index (χ0v) is 11.1. The molecule has 0 radical (unpaired) electrons. The van der Waals surface area contributed by atoms with Crippen molar-refractivity contribution in [3.05, 3.63) is 53.8 Å². The first-order valence-corrected chi connectivity index (χ1v) is 6.61. The van der Waals surface area contributed by atoms with Gasteiger partial charge in [0, 0.05) is 5.56 Å². The first-order chi connectivity index (χ1) is 9.27. The van der Waals surface area contributed by atoms with Crippen LogP contribution in [0.3, 0.4) is 0 Å². The Morgan fingerprint density at radius 3 is 2.47 bits per heavy atom. The molecule has 0 saturated heterocycles. The molecule has 3 heteroatoms. The number of benzene rings is 2. The van der Waals surface area contributed by atoms with Gasteiger partial charge in [-0.3, -0.25) is 5.84 Å². The van der Waals surface area contributed by atoms with Crippen molar-refractivity contribution in [3.63, 3.8) is 0 Å². The van der Waals surface area contributed by atoms with Gasteiger partial charge in [0.25, 0.3) is 0 Å². The van der Waals surface area contributed by atoms with Crippen molar-refractivity contribution in [1.82, 2.24) is 0 Å². The number of nitrogens with two attached hydrogens (primary N) is 1. The molecule has 0 aromatic heterocycles. The molecule has 0 atom stereocenters. The summed E-state index contributed by atoms with van der Waals surface area (Å²) >= 11 is 0. The second kappa shape index (κ2) is 6.34. The predicted octanol–water partition coefficient (Wildman–Crippen LogP) is 4.12. The number of nitrogen functional groups attached to an aromatic ring is 1. The minimum absolute atomic E-state index is 0.276. The lowest BCUT2D eigenvalue weighted by Gasteiger charge is -2.13. The van der Waals surface area contributed by atoms with E-state index in [2.05, 4.69) is 12.3 Å². The maximum Gasteiger partial charge on any atom is 0.155 e. The van der Waals surface area contributed by atoms with Crippen LogP contribution in [-0.2, 0) is 6.42 Å². The largest absolute Gasteiger partial charge is 0.321 e. The molecule has 0 aliphatic heterocycles. The van der Waals surface area contributed by atoms with Crippen molar-refractivity contribution < 1.29 is 4.39 Å². The van der Waals surface area contributed by atoms with Crippen LogP contribution in [0.1, 0.15) is 25.3 Å². The molecule has 0 bridgehead atoms. The third-order valence-electron chi connectivity index (χ3n) is 3.26. The molecule has 0 aliphatic rings. The van der Waals surface area contributed by atoms with Crippen molar-refractivity contribution in [2.45, 2.75) is 26.2 Å². The van der Waals surface area contributed by atoms with Crippen LogP contribution < -0.4 is 11.3 Å². The fourth-order valence-electron chi connectivity index (χ4n) is 2.19. The van der Waals surface area contributed by atoms with Crippen LogP contribution in [0.2, 0.25) is 0 Å². The smallest absolute Gasteiger partial charge is 0.155 e. The molecule has 0 amide bonds. The Morgan fingerprint density at radius 2 is 1.84 bits per heavy atom. The number of anilines is 1. The Bertz CT molecular complexity index is 538. The Hall–Kier alpha value is -1.87. The highest BCUT2D eigenvalue weighted by molar-refractivity contribution is 5.71. The highest BCUT2D eigenvalue weighted by Crippen LogP contribution is 2.30. The van der Waals surface area contributed by atoms with E-state index in [1.54, 1.807) is 0 Å².